The summed E-state index contributed by atoms with van der Waals surface area (Å²) in [5.41, 5.74) is 1.59. The first-order valence-electron chi connectivity index (χ1n) is 9.93. The van der Waals surface area contributed by atoms with Crippen LogP contribution in [0.1, 0.15) is 37.7 Å². The van der Waals surface area contributed by atoms with Crippen molar-refractivity contribution < 1.29 is 17.6 Å². The van der Waals surface area contributed by atoms with Crippen molar-refractivity contribution in [2.24, 2.45) is 5.14 Å². The fourth-order valence-corrected chi connectivity index (χ4v) is 4.21. The summed E-state index contributed by atoms with van der Waals surface area (Å²) in [5, 5.41) is 10.3. The number of carbonyl (C=O) groups is 1. The van der Waals surface area contributed by atoms with E-state index in [4.69, 9.17) is 5.14 Å². The largest absolute Gasteiger partial charge is 0.369 e. The van der Waals surface area contributed by atoms with Crippen molar-refractivity contribution in [2.45, 2.75) is 49.6 Å². The number of nitrogens with one attached hydrogen (secondary N) is 2. The summed E-state index contributed by atoms with van der Waals surface area (Å²) in [5.74, 6) is -0.376. The van der Waals surface area contributed by atoms with Crippen LogP contribution in [-0.2, 0) is 16.6 Å². The minimum Gasteiger partial charge on any atom is -0.369 e. The first-order valence-corrected chi connectivity index (χ1v) is 11.5. The van der Waals surface area contributed by atoms with E-state index in [1.54, 1.807) is 24.3 Å². The molecule has 3 rings (SSSR count). The second kappa shape index (κ2) is 9.44. The van der Waals surface area contributed by atoms with Crippen molar-refractivity contribution in [3.63, 3.8) is 0 Å². The molecule has 2 aromatic rings. The first-order chi connectivity index (χ1) is 14.2. The highest BCUT2D eigenvalue weighted by molar-refractivity contribution is 7.89. The highest BCUT2D eigenvalue weighted by Gasteiger charge is 2.20. The molecule has 0 aliphatic heterocycles. The maximum Gasteiger partial charge on any atom is 0.319 e. The number of anilines is 2. The maximum absolute atomic E-state index is 14.6. The van der Waals surface area contributed by atoms with Gasteiger partial charge in [-0.3, -0.25) is 0 Å². The second-order valence-corrected chi connectivity index (χ2v) is 9.13. The number of halogens is 1. The second-order valence-electron chi connectivity index (χ2n) is 7.57. The van der Waals surface area contributed by atoms with Crippen LogP contribution in [0.25, 0.3) is 0 Å². The summed E-state index contributed by atoms with van der Waals surface area (Å²) in [6.07, 6.45) is 5.70. The molecule has 1 saturated carbocycles. The van der Waals surface area contributed by atoms with Gasteiger partial charge in [0.05, 0.1) is 10.6 Å². The molecule has 2 amide bonds. The van der Waals surface area contributed by atoms with Gasteiger partial charge in [0.1, 0.15) is 5.82 Å². The van der Waals surface area contributed by atoms with E-state index in [1.165, 1.54) is 37.5 Å². The zero-order chi connectivity index (χ0) is 21.7. The average Bonchev–Trinajstić information content (AvgIpc) is 2.72. The van der Waals surface area contributed by atoms with Gasteiger partial charge in [0.25, 0.3) is 0 Å². The summed E-state index contributed by atoms with van der Waals surface area (Å²) < 4.78 is 37.1. The van der Waals surface area contributed by atoms with Gasteiger partial charge in [-0.05, 0) is 48.7 Å². The van der Waals surface area contributed by atoms with Crippen LogP contribution in [0.2, 0.25) is 0 Å². The van der Waals surface area contributed by atoms with Gasteiger partial charge >= 0.3 is 6.03 Å². The number of nitrogens with zero attached hydrogens (tertiary/aromatic N) is 1. The molecule has 0 saturated heterocycles. The Balaban J connectivity index is 1.55. The molecular formula is C21H27FN4O3S. The number of urea groups is 1. The Labute approximate surface area is 176 Å². The van der Waals surface area contributed by atoms with Gasteiger partial charge in [-0.2, -0.15) is 0 Å². The molecule has 2 aromatic carbocycles. The van der Waals surface area contributed by atoms with Crippen molar-refractivity contribution in [2.75, 3.05) is 17.3 Å². The van der Waals surface area contributed by atoms with Crippen LogP contribution in [0.5, 0.6) is 0 Å². The predicted octanol–water partition coefficient (Wildman–Crippen LogP) is 3.56. The van der Waals surface area contributed by atoms with Gasteiger partial charge in [-0.1, -0.05) is 31.4 Å². The zero-order valence-electron chi connectivity index (χ0n) is 16.9. The van der Waals surface area contributed by atoms with Crippen LogP contribution in [0.4, 0.5) is 20.6 Å². The summed E-state index contributed by atoms with van der Waals surface area (Å²) >= 11 is 0. The van der Waals surface area contributed by atoms with E-state index in [9.17, 15) is 17.6 Å². The van der Waals surface area contributed by atoms with E-state index >= 15 is 0 Å². The van der Waals surface area contributed by atoms with Crippen LogP contribution in [0.3, 0.4) is 0 Å². The molecule has 0 radical (unpaired) electrons. The van der Waals surface area contributed by atoms with E-state index in [-0.39, 0.29) is 17.3 Å². The lowest BCUT2D eigenvalue weighted by Gasteiger charge is -2.33. The molecular weight excluding hydrogens is 407 g/mol. The SMILES string of the molecule is CN(c1ccc(NC(=O)NCc2ccc(S(N)(=O)=O)cc2)cc1F)C1CCCCC1. The van der Waals surface area contributed by atoms with Crippen molar-refractivity contribution in [3.8, 4) is 0 Å². The maximum atomic E-state index is 14.6. The minimum absolute atomic E-state index is 0.00413. The normalized spacial score (nSPS) is 14.9. The van der Waals surface area contributed by atoms with E-state index in [2.05, 4.69) is 10.6 Å². The number of carbonyl (C=O) groups excluding carboxylic acids is 1. The molecule has 4 N–H and O–H groups in total. The number of benzene rings is 2. The van der Waals surface area contributed by atoms with Crippen LogP contribution >= 0.6 is 0 Å². The highest BCUT2D eigenvalue weighted by Crippen LogP contribution is 2.29. The van der Waals surface area contributed by atoms with Gasteiger partial charge < -0.3 is 15.5 Å². The van der Waals surface area contributed by atoms with Gasteiger partial charge in [0.2, 0.25) is 10.0 Å². The quantitative estimate of drug-likeness (QED) is 0.646. The Morgan fingerprint density at radius 1 is 1.13 bits per heavy atom. The summed E-state index contributed by atoms with van der Waals surface area (Å²) in [6, 6.07) is 10.4. The fourth-order valence-electron chi connectivity index (χ4n) is 3.69. The van der Waals surface area contributed by atoms with Crippen molar-refractivity contribution in [1.82, 2.24) is 5.32 Å². The van der Waals surface area contributed by atoms with Crippen LogP contribution < -0.4 is 20.7 Å². The number of rotatable bonds is 6. The zero-order valence-corrected chi connectivity index (χ0v) is 17.7. The lowest BCUT2D eigenvalue weighted by Crippen LogP contribution is -2.34. The Morgan fingerprint density at radius 2 is 1.80 bits per heavy atom. The molecule has 9 heteroatoms. The molecule has 162 valence electrons. The van der Waals surface area contributed by atoms with E-state index in [0.29, 0.717) is 23.0 Å². The van der Waals surface area contributed by atoms with E-state index < -0.39 is 16.1 Å². The summed E-state index contributed by atoms with van der Waals surface area (Å²) in [7, 11) is -1.84. The van der Waals surface area contributed by atoms with Gasteiger partial charge in [0.15, 0.2) is 0 Å². The van der Waals surface area contributed by atoms with Gasteiger partial charge in [-0.25, -0.2) is 22.7 Å². The summed E-state index contributed by atoms with van der Waals surface area (Å²) in [6.45, 7) is 0.182. The number of hydrogen-bond donors (Lipinski definition) is 3. The molecule has 0 aromatic heterocycles. The highest BCUT2D eigenvalue weighted by atomic mass is 32.2. The molecule has 1 aliphatic carbocycles. The predicted molar refractivity (Wildman–Crippen MR) is 115 cm³/mol. The molecule has 0 unspecified atom stereocenters. The molecule has 30 heavy (non-hydrogen) atoms. The number of hydrogen-bond acceptors (Lipinski definition) is 4. The minimum atomic E-state index is -3.75. The van der Waals surface area contributed by atoms with E-state index in [1.807, 2.05) is 11.9 Å². The summed E-state index contributed by atoms with van der Waals surface area (Å²) in [4.78, 5) is 14.1. The molecule has 0 spiro atoms. The van der Waals surface area contributed by atoms with Crippen LogP contribution in [0, 0.1) is 5.82 Å². The molecule has 1 aliphatic rings. The molecule has 1 fully saturated rings. The molecule has 0 heterocycles. The number of primary sulfonamides is 1. The monoisotopic (exact) mass is 434 g/mol. The molecule has 0 bridgehead atoms. The third kappa shape index (κ3) is 5.70. The van der Waals surface area contributed by atoms with Crippen LogP contribution in [0.15, 0.2) is 47.4 Å². The smallest absolute Gasteiger partial charge is 0.319 e. The third-order valence-electron chi connectivity index (χ3n) is 5.41. The fraction of sp³-hybridized carbons (Fsp3) is 0.381. The third-order valence-corrected chi connectivity index (χ3v) is 6.34. The number of sulfonamides is 1. The Hall–Kier alpha value is -2.65. The van der Waals surface area contributed by atoms with Crippen molar-refractivity contribution in [3.05, 3.63) is 53.8 Å². The number of nitrogens with two attached hydrogens (primary N) is 1. The van der Waals surface area contributed by atoms with Gasteiger partial charge in [0, 0.05) is 25.3 Å². The molecule has 0 atom stereocenters. The van der Waals surface area contributed by atoms with E-state index in [0.717, 1.165) is 12.8 Å². The average molecular weight is 435 g/mol. The molecule has 7 nitrogen and oxygen atoms in total. The van der Waals surface area contributed by atoms with Crippen molar-refractivity contribution >= 4 is 27.4 Å². The lowest BCUT2D eigenvalue weighted by atomic mass is 9.94. The standard InChI is InChI=1S/C21H27FN4O3S/c1-26(17-5-3-2-4-6-17)20-12-9-16(13-19(20)22)25-21(27)24-14-15-7-10-18(11-8-15)30(23,28)29/h7-13,17H,2-6,14H2,1H3,(H2,23,28,29)(H2,24,25,27). The first kappa shape index (κ1) is 22.0. The topological polar surface area (TPSA) is 105 Å². The van der Waals surface area contributed by atoms with Crippen molar-refractivity contribution in [1.29, 1.82) is 0 Å². The Kier molecular flexibility index (Phi) is 6.94. The van der Waals surface area contributed by atoms with Crippen LogP contribution in [-0.4, -0.2) is 27.5 Å². The Morgan fingerprint density at radius 3 is 2.40 bits per heavy atom. The number of amides is 2. The van der Waals surface area contributed by atoms with Gasteiger partial charge in [-0.15, -0.1) is 0 Å². The lowest BCUT2D eigenvalue weighted by molar-refractivity contribution is 0.251. The Bertz CT molecular complexity index is 990.